The first-order valence-corrected chi connectivity index (χ1v) is 11.0. The van der Waals surface area contributed by atoms with E-state index >= 15 is 0 Å². The number of rotatable bonds is 7. The van der Waals surface area contributed by atoms with Crippen molar-refractivity contribution in [2.45, 2.75) is 50.6 Å². The Hall–Kier alpha value is -2.19. The van der Waals surface area contributed by atoms with E-state index in [1.165, 1.54) is 0 Å². The van der Waals surface area contributed by atoms with E-state index in [1.54, 1.807) is 27.7 Å². The summed E-state index contributed by atoms with van der Waals surface area (Å²) in [5.74, 6) is 1.35. The molecule has 0 unspecified atom stereocenters. The lowest BCUT2D eigenvalue weighted by atomic mass is 10.2. The summed E-state index contributed by atoms with van der Waals surface area (Å²) in [4.78, 5) is 17.5. The quantitative estimate of drug-likeness (QED) is 0.343. The summed E-state index contributed by atoms with van der Waals surface area (Å²) in [5.41, 5.74) is 1.90. The molecule has 0 aliphatic carbocycles. The largest absolute Gasteiger partial charge is 0.276 e. The number of hydrogen-bond acceptors (Lipinski definition) is 6. The van der Waals surface area contributed by atoms with Crippen molar-refractivity contribution in [3.8, 4) is 0 Å². The van der Waals surface area contributed by atoms with Gasteiger partial charge in [-0.05, 0) is 25.5 Å². The van der Waals surface area contributed by atoms with Crippen LogP contribution in [-0.2, 0) is 12.3 Å². The maximum atomic E-state index is 13.0. The van der Waals surface area contributed by atoms with Gasteiger partial charge >= 0.3 is 0 Å². The Bertz CT molecular complexity index is 1140. The first-order chi connectivity index (χ1) is 13.2. The molecule has 0 spiro atoms. The third-order valence-corrected chi connectivity index (χ3v) is 6.26. The Morgan fingerprint density at radius 3 is 2.81 bits per heavy atom. The zero-order chi connectivity index (χ0) is 18.8. The van der Waals surface area contributed by atoms with E-state index in [2.05, 4.69) is 27.5 Å². The van der Waals surface area contributed by atoms with Gasteiger partial charge in [-0.3, -0.25) is 13.8 Å². The van der Waals surface area contributed by atoms with Crippen LogP contribution in [0.2, 0.25) is 0 Å². The van der Waals surface area contributed by atoms with E-state index in [9.17, 15) is 4.79 Å². The van der Waals surface area contributed by atoms with E-state index in [0.717, 1.165) is 46.4 Å². The van der Waals surface area contributed by atoms with Crippen LogP contribution in [0.4, 0.5) is 0 Å². The van der Waals surface area contributed by atoms with Crippen LogP contribution in [-0.4, -0.2) is 24.1 Å². The number of fused-ring (bicyclic) bond motifs is 3. The number of nitrogens with zero attached hydrogens (tertiary/aromatic N) is 5. The van der Waals surface area contributed by atoms with Gasteiger partial charge < -0.3 is 0 Å². The van der Waals surface area contributed by atoms with Crippen LogP contribution in [0.3, 0.4) is 0 Å². The Labute approximate surface area is 165 Å². The summed E-state index contributed by atoms with van der Waals surface area (Å²) in [6.45, 7) is 4.83. The molecule has 1 aromatic carbocycles. The molecular weight excluding hydrogens is 378 g/mol. The second-order valence-electron chi connectivity index (χ2n) is 6.45. The smallest absolute Gasteiger partial charge is 0.262 e. The van der Waals surface area contributed by atoms with Crippen LogP contribution in [0.1, 0.15) is 36.9 Å². The van der Waals surface area contributed by atoms with Gasteiger partial charge in [0, 0.05) is 17.7 Å². The van der Waals surface area contributed by atoms with E-state index in [1.807, 2.05) is 35.6 Å². The number of aryl methyl sites for hydroxylation is 2. The van der Waals surface area contributed by atoms with Crippen molar-refractivity contribution >= 4 is 39.8 Å². The Morgan fingerprint density at radius 2 is 2.04 bits per heavy atom. The van der Waals surface area contributed by atoms with Gasteiger partial charge in [-0.25, -0.2) is 4.98 Å². The van der Waals surface area contributed by atoms with Crippen LogP contribution in [0.25, 0.3) is 16.7 Å². The Morgan fingerprint density at radius 1 is 1.19 bits per heavy atom. The van der Waals surface area contributed by atoms with E-state index in [-0.39, 0.29) is 5.56 Å². The van der Waals surface area contributed by atoms with Crippen molar-refractivity contribution in [3.63, 3.8) is 0 Å². The van der Waals surface area contributed by atoms with Gasteiger partial charge in [0.15, 0.2) is 5.16 Å². The normalized spacial score (nSPS) is 11.6. The van der Waals surface area contributed by atoms with Crippen molar-refractivity contribution in [1.29, 1.82) is 0 Å². The van der Waals surface area contributed by atoms with E-state index in [0.29, 0.717) is 17.7 Å². The molecule has 3 heterocycles. The summed E-state index contributed by atoms with van der Waals surface area (Å²) < 4.78 is 3.77. The summed E-state index contributed by atoms with van der Waals surface area (Å²) in [6, 6.07) is 7.69. The molecule has 140 valence electrons. The molecule has 8 heteroatoms. The highest BCUT2D eigenvalue weighted by Gasteiger charge is 2.16. The highest BCUT2D eigenvalue weighted by atomic mass is 32.2. The first kappa shape index (κ1) is 18.2. The molecule has 0 atom stereocenters. The summed E-state index contributed by atoms with van der Waals surface area (Å²) in [6.07, 6.45) is 3.15. The number of thioether (sulfide) groups is 1. The van der Waals surface area contributed by atoms with Crippen molar-refractivity contribution in [1.82, 2.24) is 24.1 Å². The average molecular weight is 400 g/mol. The van der Waals surface area contributed by atoms with Crippen LogP contribution >= 0.6 is 23.1 Å². The van der Waals surface area contributed by atoms with Crippen molar-refractivity contribution < 1.29 is 0 Å². The van der Waals surface area contributed by atoms with Gasteiger partial charge in [0.25, 0.3) is 5.56 Å². The average Bonchev–Trinajstić information content (AvgIpc) is 3.29. The monoisotopic (exact) mass is 399 g/mol. The molecule has 0 radical (unpaired) electrons. The fourth-order valence-electron chi connectivity index (χ4n) is 3.16. The second kappa shape index (κ2) is 7.82. The number of hydrogen-bond donors (Lipinski definition) is 0. The minimum Gasteiger partial charge on any atom is -0.276 e. The number of para-hydroxylation sites is 1. The molecule has 0 fully saturated rings. The minimum absolute atomic E-state index is 0.00767. The maximum Gasteiger partial charge on any atom is 0.262 e. The molecule has 0 saturated carbocycles. The van der Waals surface area contributed by atoms with Crippen LogP contribution in [0.5, 0.6) is 0 Å². The lowest BCUT2D eigenvalue weighted by Gasteiger charge is -2.11. The van der Waals surface area contributed by atoms with Crippen LogP contribution in [0, 0.1) is 6.92 Å². The molecule has 0 bridgehead atoms. The fraction of sp³-hybridized carbons (Fsp3) is 0.368. The first-order valence-electron chi connectivity index (χ1n) is 9.09. The Kier molecular flexibility index (Phi) is 5.27. The van der Waals surface area contributed by atoms with Gasteiger partial charge in [0.1, 0.15) is 0 Å². The molecule has 0 aliphatic heterocycles. The number of benzene rings is 1. The Balaban J connectivity index is 1.80. The highest BCUT2D eigenvalue weighted by Crippen LogP contribution is 2.25. The lowest BCUT2D eigenvalue weighted by Crippen LogP contribution is -2.23. The third kappa shape index (κ3) is 3.51. The number of aromatic nitrogens is 5. The van der Waals surface area contributed by atoms with Crippen LogP contribution in [0.15, 0.2) is 39.6 Å². The number of unbranched alkanes of at least 4 members (excludes halogenated alkanes) is 2. The van der Waals surface area contributed by atoms with Gasteiger partial charge in [0.05, 0.1) is 21.6 Å². The molecule has 0 amide bonds. The molecule has 0 saturated heterocycles. The van der Waals surface area contributed by atoms with Crippen molar-refractivity contribution in [2.75, 3.05) is 0 Å². The molecule has 6 nitrogen and oxygen atoms in total. The van der Waals surface area contributed by atoms with Gasteiger partial charge in [-0.2, -0.15) is 0 Å². The van der Waals surface area contributed by atoms with Gasteiger partial charge in [0.2, 0.25) is 5.78 Å². The second-order valence-corrected chi connectivity index (χ2v) is 8.45. The summed E-state index contributed by atoms with van der Waals surface area (Å²) >= 11 is 3.25. The zero-order valence-electron chi connectivity index (χ0n) is 15.4. The predicted octanol–water partition coefficient (Wildman–Crippen LogP) is 4.29. The molecule has 0 N–H and O–H groups in total. The van der Waals surface area contributed by atoms with E-state index in [4.69, 9.17) is 0 Å². The molecular formula is C19H21N5OS2. The molecule has 27 heavy (non-hydrogen) atoms. The van der Waals surface area contributed by atoms with Crippen molar-refractivity contribution in [3.05, 3.63) is 50.7 Å². The highest BCUT2D eigenvalue weighted by molar-refractivity contribution is 7.98. The SMILES string of the molecule is CCCCCn1c(=O)c2ccccc2n2c(SCc3csc(C)n3)nnc12. The summed E-state index contributed by atoms with van der Waals surface area (Å²) in [7, 11) is 0. The van der Waals surface area contributed by atoms with E-state index < -0.39 is 0 Å². The van der Waals surface area contributed by atoms with Gasteiger partial charge in [-0.15, -0.1) is 21.5 Å². The molecule has 0 aliphatic rings. The summed E-state index contributed by atoms with van der Waals surface area (Å²) in [5, 5.41) is 13.4. The van der Waals surface area contributed by atoms with Crippen molar-refractivity contribution in [2.24, 2.45) is 0 Å². The fourth-order valence-corrected chi connectivity index (χ4v) is 4.71. The topological polar surface area (TPSA) is 65.1 Å². The van der Waals surface area contributed by atoms with Crippen LogP contribution < -0.4 is 5.56 Å². The molecule has 4 rings (SSSR count). The lowest BCUT2D eigenvalue weighted by molar-refractivity contribution is 0.594. The third-order valence-electron chi connectivity index (χ3n) is 4.48. The zero-order valence-corrected chi connectivity index (χ0v) is 17.0. The predicted molar refractivity (Wildman–Crippen MR) is 111 cm³/mol. The standard InChI is InChI=1S/C19H21N5OS2/c1-3-4-7-10-23-17(25)15-8-5-6-9-16(15)24-18(23)21-22-19(24)27-12-14-11-26-13(2)20-14/h5-6,8-9,11H,3-4,7,10,12H2,1-2H3. The number of thiazole rings is 1. The molecule has 3 aromatic heterocycles. The van der Waals surface area contributed by atoms with Gasteiger partial charge in [-0.1, -0.05) is 43.7 Å². The minimum atomic E-state index is 0.00767. The maximum absolute atomic E-state index is 13.0. The molecule has 4 aromatic rings.